The van der Waals surface area contributed by atoms with Crippen LogP contribution in [0.4, 0.5) is 13.2 Å². The predicted molar refractivity (Wildman–Crippen MR) is 108 cm³/mol. The van der Waals surface area contributed by atoms with Crippen molar-refractivity contribution in [3.63, 3.8) is 0 Å². The van der Waals surface area contributed by atoms with Gasteiger partial charge in [0.05, 0.1) is 0 Å². The summed E-state index contributed by atoms with van der Waals surface area (Å²) in [6.45, 7) is 0. The second-order valence-electron chi connectivity index (χ2n) is 8.92. The molecule has 4 aliphatic carbocycles. The number of alkyl halides is 3. The molecule has 0 aromatic heterocycles. The number of hydrogen-bond donors (Lipinski definition) is 1. The molecular weight excluding hydrogens is 429 g/mol. The number of halogens is 3. The first-order valence-corrected chi connectivity index (χ1v) is 11.8. The number of aromatic hydroxyl groups is 1. The van der Waals surface area contributed by atoms with Crippen molar-refractivity contribution in [3.8, 4) is 22.6 Å². The molecule has 4 nitrogen and oxygen atoms in total. The van der Waals surface area contributed by atoms with Crippen LogP contribution in [0.15, 0.2) is 36.4 Å². The molecule has 0 saturated heterocycles. The Morgan fingerprint density at radius 2 is 1.45 bits per heavy atom. The first-order chi connectivity index (χ1) is 14.7. The Morgan fingerprint density at radius 1 is 0.839 bits per heavy atom. The molecule has 0 spiro atoms. The Morgan fingerprint density at radius 3 is 2.16 bits per heavy atom. The van der Waals surface area contributed by atoms with Gasteiger partial charge in [0.25, 0.3) is 0 Å². The summed E-state index contributed by atoms with van der Waals surface area (Å²) in [6, 6.07) is 6.60. The van der Waals surface area contributed by atoms with Crippen molar-refractivity contribution in [2.75, 3.05) is 0 Å². The molecule has 1 fully saturated rings. The van der Waals surface area contributed by atoms with Gasteiger partial charge in [0.1, 0.15) is 11.5 Å². The quantitative estimate of drug-likeness (QED) is 0.367. The van der Waals surface area contributed by atoms with Gasteiger partial charge in [-0.25, -0.2) is 0 Å². The molecule has 0 radical (unpaired) electrons. The van der Waals surface area contributed by atoms with Gasteiger partial charge in [-0.2, -0.15) is 21.6 Å². The molecule has 4 atom stereocenters. The van der Waals surface area contributed by atoms with Gasteiger partial charge < -0.3 is 9.29 Å². The first-order valence-electron chi connectivity index (χ1n) is 10.4. The average molecular weight is 448 g/mol. The number of rotatable bonds is 3. The first kappa shape index (κ1) is 19.2. The van der Waals surface area contributed by atoms with Gasteiger partial charge in [-0.1, -0.05) is 24.3 Å². The van der Waals surface area contributed by atoms with E-state index in [-0.39, 0.29) is 17.6 Å². The highest BCUT2D eigenvalue weighted by molar-refractivity contribution is 7.88. The molecule has 8 heteroatoms. The van der Waals surface area contributed by atoms with Crippen molar-refractivity contribution in [2.45, 2.75) is 54.9 Å². The summed E-state index contributed by atoms with van der Waals surface area (Å²) in [7, 11) is -5.75. The molecule has 162 valence electrons. The monoisotopic (exact) mass is 448 g/mol. The lowest BCUT2D eigenvalue weighted by atomic mass is 9.81. The normalized spacial score (nSPS) is 27.6. The molecular formula is C23H19F3O4S. The van der Waals surface area contributed by atoms with Gasteiger partial charge in [-0.05, 0) is 71.9 Å². The molecule has 6 rings (SSSR count). The molecule has 0 aliphatic heterocycles. The average Bonchev–Trinajstić information content (AvgIpc) is 3.48. The number of allylic oxidation sites excluding steroid dienone is 2. The fraction of sp³-hybridized carbons (Fsp3) is 0.391. The number of hydrogen-bond acceptors (Lipinski definition) is 4. The van der Waals surface area contributed by atoms with Gasteiger partial charge in [-0.15, -0.1) is 0 Å². The summed E-state index contributed by atoms with van der Waals surface area (Å²) in [5.74, 6) is 0.623. The highest BCUT2D eigenvalue weighted by atomic mass is 32.2. The molecule has 4 bridgehead atoms. The fourth-order valence-corrected chi connectivity index (χ4v) is 6.71. The molecule has 4 aliphatic rings. The van der Waals surface area contributed by atoms with E-state index in [2.05, 4.69) is 4.18 Å². The number of phenolic OH excluding ortho intramolecular Hbond substituents is 1. The minimum Gasteiger partial charge on any atom is -0.508 e. The lowest BCUT2D eigenvalue weighted by Crippen LogP contribution is -2.28. The highest BCUT2D eigenvalue weighted by Gasteiger charge is 2.50. The minimum atomic E-state index is -5.75. The van der Waals surface area contributed by atoms with Crippen molar-refractivity contribution in [2.24, 2.45) is 0 Å². The third kappa shape index (κ3) is 2.57. The summed E-state index contributed by atoms with van der Waals surface area (Å²) >= 11 is 0. The zero-order valence-corrected chi connectivity index (χ0v) is 17.1. The van der Waals surface area contributed by atoms with Crippen molar-refractivity contribution >= 4 is 10.1 Å². The van der Waals surface area contributed by atoms with Crippen molar-refractivity contribution in [1.29, 1.82) is 0 Å². The maximum Gasteiger partial charge on any atom is 0.534 e. The summed E-state index contributed by atoms with van der Waals surface area (Å²) < 4.78 is 66.7. The Labute approximate surface area is 177 Å². The van der Waals surface area contributed by atoms with E-state index >= 15 is 0 Å². The van der Waals surface area contributed by atoms with Crippen LogP contribution in [0.25, 0.3) is 11.1 Å². The van der Waals surface area contributed by atoms with E-state index in [1.54, 1.807) is 12.1 Å². The smallest absolute Gasteiger partial charge is 0.508 e. The fourth-order valence-electron chi connectivity index (χ4n) is 6.23. The van der Waals surface area contributed by atoms with Crippen LogP contribution >= 0.6 is 0 Å². The number of benzene rings is 2. The Hall–Kier alpha value is -2.48. The van der Waals surface area contributed by atoms with Crippen LogP contribution in [0.3, 0.4) is 0 Å². The molecule has 1 N–H and O–H groups in total. The van der Waals surface area contributed by atoms with E-state index < -0.39 is 15.6 Å². The highest BCUT2D eigenvalue weighted by Crippen LogP contribution is 2.61. The minimum absolute atomic E-state index is 0.00943. The van der Waals surface area contributed by atoms with Crippen LogP contribution in [-0.4, -0.2) is 19.0 Å². The molecule has 0 amide bonds. The van der Waals surface area contributed by atoms with Gasteiger partial charge in [0.2, 0.25) is 0 Å². The molecule has 31 heavy (non-hydrogen) atoms. The number of phenols is 1. The van der Waals surface area contributed by atoms with E-state index in [0.29, 0.717) is 29.6 Å². The van der Waals surface area contributed by atoms with E-state index in [0.717, 1.165) is 47.1 Å². The van der Waals surface area contributed by atoms with Gasteiger partial charge in [0, 0.05) is 23.0 Å². The molecule has 0 heterocycles. The van der Waals surface area contributed by atoms with Gasteiger partial charge >= 0.3 is 15.6 Å². The second kappa shape index (κ2) is 6.06. The molecule has 1 saturated carbocycles. The standard InChI is InChI=1S/C23H19F3O4S/c24-23(25,26)31(28,29)30-18-8-6-16(20-12-2-4-14(10-12)22(18)20)15-5-7-17(27)21-13-3-1-11(9-13)19(15)21/h2,4-8,11-14,27H,1,3,9-10H2. The Balaban J connectivity index is 1.53. The SMILES string of the molecule is O=S(=O)(Oc1ccc(-c2ccc(O)c3c2C2CCC3C2)c2c1C1C=CC2C1)C(F)(F)F. The zero-order chi connectivity index (χ0) is 21.7. The predicted octanol–water partition coefficient (Wildman–Crippen LogP) is 5.79. The van der Waals surface area contributed by atoms with E-state index in [4.69, 9.17) is 0 Å². The topological polar surface area (TPSA) is 63.6 Å². The maximum atomic E-state index is 12.9. The van der Waals surface area contributed by atoms with E-state index in [9.17, 15) is 26.7 Å². The Bertz CT molecular complexity index is 1260. The third-order valence-corrected chi connectivity index (χ3v) is 8.32. The number of fused-ring (bicyclic) bond motifs is 10. The van der Waals surface area contributed by atoms with E-state index in [1.165, 1.54) is 6.07 Å². The molecule has 4 unspecified atom stereocenters. The van der Waals surface area contributed by atoms with Crippen LogP contribution in [0.2, 0.25) is 0 Å². The summed E-state index contributed by atoms with van der Waals surface area (Å²) in [4.78, 5) is 0. The zero-order valence-electron chi connectivity index (χ0n) is 16.3. The summed E-state index contributed by atoms with van der Waals surface area (Å²) in [5.41, 5.74) is -0.0816. The van der Waals surface area contributed by atoms with Crippen LogP contribution in [0.5, 0.6) is 11.5 Å². The summed E-state index contributed by atoms with van der Waals surface area (Å²) in [5, 5.41) is 10.5. The van der Waals surface area contributed by atoms with Crippen LogP contribution < -0.4 is 4.18 Å². The second-order valence-corrected chi connectivity index (χ2v) is 10.5. The molecule has 2 aromatic carbocycles. The van der Waals surface area contributed by atoms with Crippen molar-refractivity contribution in [3.05, 3.63) is 58.7 Å². The Kier molecular flexibility index (Phi) is 3.76. The third-order valence-electron chi connectivity index (χ3n) is 7.36. The van der Waals surface area contributed by atoms with Crippen LogP contribution in [-0.2, 0) is 10.1 Å². The van der Waals surface area contributed by atoms with Gasteiger partial charge in [0.15, 0.2) is 0 Å². The summed E-state index contributed by atoms with van der Waals surface area (Å²) in [6.07, 6.45) is 7.77. The van der Waals surface area contributed by atoms with E-state index in [1.807, 2.05) is 18.2 Å². The van der Waals surface area contributed by atoms with Gasteiger partial charge in [-0.3, -0.25) is 0 Å². The largest absolute Gasteiger partial charge is 0.534 e. The lowest BCUT2D eigenvalue weighted by molar-refractivity contribution is -0.0500. The van der Waals surface area contributed by atoms with Crippen molar-refractivity contribution < 1.29 is 30.9 Å². The van der Waals surface area contributed by atoms with Crippen LogP contribution in [0, 0.1) is 0 Å². The van der Waals surface area contributed by atoms with Crippen molar-refractivity contribution in [1.82, 2.24) is 0 Å². The molecule has 2 aromatic rings. The maximum absolute atomic E-state index is 12.9. The lowest BCUT2D eigenvalue weighted by Gasteiger charge is -2.24. The van der Waals surface area contributed by atoms with Crippen LogP contribution in [0.1, 0.15) is 71.6 Å².